The molecule has 1 N–H and O–H groups in total. The second-order valence-electron chi connectivity index (χ2n) is 4.91. The van der Waals surface area contributed by atoms with Gasteiger partial charge in [0.2, 0.25) is 0 Å². The molecule has 0 aliphatic heterocycles. The van der Waals surface area contributed by atoms with Gasteiger partial charge in [-0.3, -0.25) is 0 Å². The highest BCUT2D eigenvalue weighted by atomic mass is 32.1. The molecule has 4 heteroatoms. The number of ether oxygens (including phenoxy) is 1. The quantitative estimate of drug-likeness (QED) is 0.834. The van der Waals surface area contributed by atoms with E-state index >= 15 is 0 Å². The monoisotopic (exact) mass is 290 g/mol. The van der Waals surface area contributed by atoms with Gasteiger partial charge in [-0.2, -0.15) is 0 Å². The second-order valence-corrected chi connectivity index (χ2v) is 6.17. The summed E-state index contributed by atoms with van der Waals surface area (Å²) in [4.78, 5) is 5.67. The normalized spacial score (nSPS) is 12.3. The number of nitrogens with one attached hydrogen (secondary N) is 1. The molecule has 0 aliphatic rings. The molecule has 1 unspecified atom stereocenters. The van der Waals surface area contributed by atoms with Gasteiger partial charge in [0.25, 0.3) is 0 Å². The minimum absolute atomic E-state index is 0.272. The number of hydrogen-bond acceptors (Lipinski definition) is 4. The molecule has 0 saturated heterocycles. The molecular formula is C16H22N2OS. The van der Waals surface area contributed by atoms with E-state index in [9.17, 15) is 0 Å². The van der Waals surface area contributed by atoms with Crippen LogP contribution in [0.5, 0.6) is 5.75 Å². The third-order valence-electron chi connectivity index (χ3n) is 2.99. The summed E-state index contributed by atoms with van der Waals surface area (Å²) in [5, 5.41) is 4.64. The van der Waals surface area contributed by atoms with Gasteiger partial charge in [0.15, 0.2) is 0 Å². The van der Waals surface area contributed by atoms with Crippen LogP contribution in [0, 0.1) is 6.92 Å². The number of benzene rings is 1. The largest absolute Gasteiger partial charge is 0.494 e. The summed E-state index contributed by atoms with van der Waals surface area (Å²) in [5.41, 5.74) is 1.23. The Hall–Kier alpha value is -1.39. The highest BCUT2D eigenvalue weighted by Crippen LogP contribution is 2.20. The van der Waals surface area contributed by atoms with Crippen molar-refractivity contribution in [3.05, 3.63) is 45.9 Å². The van der Waals surface area contributed by atoms with E-state index in [-0.39, 0.29) is 6.04 Å². The van der Waals surface area contributed by atoms with E-state index in [1.165, 1.54) is 10.4 Å². The maximum absolute atomic E-state index is 5.65. The van der Waals surface area contributed by atoms with Gasteiger partial charge in [-0.05, 0) is 38.0 Å². The van der Waals surface area contributed by atoms with Gasteiger partial charge in [-0.1, -0.05) is 19.1 Å². The number of hydrogen-bond donors (Lipinski definition) is 1. The zero-order chi connectivity index (χ0) is 14.4. The summed E-state index contributed by atoms with van der Waals surface area (Å²) in [6.07, 6.45) is 2.96. The van der Waals surface area contributed by atoms with Crippen LogP contribution in [0.3, 0.4) is 0 Å². The molecule has 0 aliphatic carbocycles. The lowest BCUT2D eigenvalue weighted by Crippen LogP contribution is -2.17. The fraction of sp³-hybridized carbons (Fsp3) is 0.438. The molecule has 0 saturated carbocycles. The maximum atomic E-state index is 5.65. The number of rotatable bonds is 7. The number of aryl methyl sites for hydroxylation is 1. The van der Waals surface area contributed by atoms with Crippen molar-refractivity contribution >= 4 is 11.3 Å². The van der Waals surface area contributed by atoms with Crippen LogP contribution in [0.2, 0.25) is 0 Å². The van der Waals surface area contributed by atoms with E-state index in [2.05, 4.69) is 43.2 Å². The Kier molecular flexibility index (Phi) is 5.56. The Balaban J connectivity index is 1.90. The molecule has 1 heterocycles. The van der Waals surface area contributed by atoms with E-state index < -0.39 is 0 Å². The Morgan fingerprint density at radius 3 is 2.95 bits per heavy atom. The summed E-state index contributed by atoms with van der Waals surface area (Å²) in [7, 11) is 0. The van der Waals surface area contributed by atoms with E-state index in [1.807, 2.05) is 18.3 Å². The van der Waals surface area contributed by atoms with Crippen LogP contribution in [-0.4, -0.2) is 11.6 Å². The molecule has 2 rings (SSSR count). The molecule has 1 atom stereocenters. The zero-order valence-corrected chi connectivity index (χ0v) is 13.2. The molecule has 0 bridgehead atoms. The first kappa shape index (κ1) is 15.0. The lowest BCUT2D eigenvalue weighted by atomic mass is 10.2. The number of thiazole rings is 1. The topological polar surface area (TPSA) is 34.1 Å². The van der Waals surface area contributed by atoms with Crippen molar-refractivity contribution in [3.63, 3.8) is 0 Å². The van der Waals surface area contributed by atoms with Crippen LogP contribution in [0.4, 0.5) is 0 Å². The Morgan fingerprint density at radius 1 is 1.40 bits per heavy atom. The molecule has 0 amide bonds. The van der Waals surface area contributed by atoms with E-state index in [1.54, 1.807) is 11.3 Å². The summed E-state index contributed by atoms with van der Waals surface area (Å²) in [5.74, 6) is 0.948. The van der Waals surface area contributed by atoms with Gasteiger partial charge < -0.3 is 10.1 Å². The van der Waals surface area contributed by atoms with Crippen molar-refractivity contribution in [2.75, 3.05) is 6.61 Å². The van der Waals surface area contributed by atoms with Crippen LogP contribution < -0.4 is 10.1 Å². The van der Waals surface area contributed by atoms with Gasteiger partial charge in [0, 0.05) is 17.6 Å². The van der Waals surface area contributed by atoms with E-state index in [4.69, 9.17) is 4.74 Å². The first-order valence-corrected chi connectivity index (χ1v) is 7.88. The van der Waals surface area contributed by atoms with Gasteiger partial charge >= 0.3 is 0 Å². The third kappa shape index (κ3) is 4.32. The standard InChI is InChI=1S/C16H22N2OS/c1-4-8-19-15-7-5-6-14(9-15)11-17-13(3)16-18-10-12(2)20-16/h5-7,9-10,13,17H,4,8,11H2,1-3H3. The lowest BCUT2D eigenvalue weighted by Gasteiger charge is -2.12. The average molecular weight is 290 g/mol. The summed E-state index contributed by atoms with van der Waals surface area (Å²) < 4.78 is 5.65. The molecule has 20 heavy (non-hydrogen) atoms. The lowest BCUT2D eigenvalue weighted by molar-refractivity contribution is 0.317. The van der Waals surface area contributed by atoms with Crippen molar-refractivity contribution in [1.29, 1.82) is 0 Å². The molecular weight excluding hydrogens is 268 g/mol. The number of nitrogens with zero attached hydrogens (tertiary/aromatic N) is 1. The molecule has 1 aromatic carbocycles. The SMILES string of the molecule is CCCOc1cccc(CNC(C)c2ncc(C)s2)c1. The van der Waals surface area contributed by atoms with Gasteiger partial charge in [0.05, 0.1) is 12.6 Å². The summed E-state index contributed by atoms with van der Waals surface area (Å²) in [6, 6.07) is 8.54. The fourth-order valence-corrected chi connectivity index (χ4v) is 2.70. The van der Waals surface area contributed by atoms with Crippen LogP contribution in [0.1, 0.15) is 41.8 Å². The van der Waals surface area contributed by atoms with Crippen molar-refractivity contribution in [2.24, 2.45) is 0 Å². The van der Waals surface area contributed by atoms with Gasteiger partial charge in [-0.25, -0.2) is 4.98 Å². The van der Waals surface area contributed by atoms with Crippen molar-refractivity contribution in [1.82, 2.24) is 10.3 Å². The molecule has 3 nitrogen and oxygen atoms in total. The molecule has 108 valence electrons. The summed E-state index contributed by atoms with van der Waals surface area (Å²) in [6.45, 7) is 7.94. The predicted molar refractivity (Wildman–Crippen MR) is 84.3 cm³/mol. The first-order chi connectivity index (χ1) is 9.69. The second kappa shape index (κ2) is 7.41. The van der Waals surface area contributed by atoms with Crippen LogP contribution in [-0.2, 0) is 6.54 Å². The van der Waals surface area contributed by atoms with Crippen molar-refractivity contribution in [2.45, 2.75) is 39.8 Å². The fourth-order valence-electron chi connectivity index (χ4n) is 1.90. The Labute approximate surface area is 125 Å². The van der Waals surface area contributed by atoms with Crippen molar-refractivity contribution < 1.29 is 4.74 Å². The molecule has 1 aromatic heterocycles. The number of aromatic nitrogens is 1. The Morgan fingerprint density at radius 2 is 2.25 bits per heavy atom. The van der Waals surface area contributed by atoms with Gasteiger partial charge in [0.1, 0.15) is 10.8 Å². The zero-order valence-electron chi connectivity index (χ0n) is 12.3. The molecule has 0 radical (unpaired) electrons. The minimum Gasteiger partial charge on any atom is -0.494 e. The highest BCUT2D eigenvalue weighted by Gasteiger charge is 2.08. The molecule has 0 fully saturated rings. The van der Waals surface area contributed by atoms with Crippen LogP contribution in [0.15, 0.2) is 30.5 Å². The average Bonchev–Trinajstić information content (AvgIpc) is 2.90. The molecule has 0 spiro atoms. The van der Waals surface area contributed by atoms with E-state index in [0.29, 0.717) is 0 Å². The van der Waals surface area contributed by atoms with Crippen LogP contribution >= 0.6 is 11.3 Å². The molecule has 2 aromatic rings. The van der Waals surface area contributed by atoms with Crippen LogP contribution in [0.25, 0.3) is 0 Å². The summed E-state index contributed by atoms with van der Waals surface area (Å²) >= 11 is 1.75. The van der Waals surface area contributed by atoms with Crippen molar-refractivity contribution in [3.8, 4) is 5.75 Å². The highest BCUT2D eigenvalue weighted by molar-refractivity contribution is 7.11. The third-order valence-corrected chi connectivity index (χ3v) is 4.09. The first-order valence-electron chi connectivity index (χ1n) is 7.06. The maximum Gasteiger partial charge on any atom is 0.119 e. The predicted octanol–water partition coefficient (Wildman–Crippen LogP) is 4.09. The van der Waals surface area contributed by atoms with E-state index in [0.717, 1.165) is 30.3 Å². The minimum atomic E-state index is 0.272. The van der Waals surface area contributed by atoms with Gasteiger partial charge in [-0.15, -0.1) is 11.3 Å². The Bertz CT molecular complexity index is 539. The smallest absolute Gasteiger partial charge is 0.119 e.